The maximum Gasteiger partial charge on any atom is 0.330 e. The number of hydrogen-bond acceptors (Lipinski definition) is 6. The van der Waals surface area contributed by atoms with E-state index in [-0.39, 0.29) is 11.9 Å². The van der Waals surface area contributed by atoms with Gasteiger partial charge in [0.2, 0.25) is 0 Å². The molecule has 19 heavy (non-hydrogen) atoms. The molecular formula is C11H16N2O5S. The van der Waals surface area contributed by atoms with Gasteiger partial charge in [0.05, 0.1) is 18.0 Å². The van der Waals surface area contributed by atoms with E-state index in [1.54, 1.807) is 0 Å². The van der Waals surface area contributed by atoms with Crippen LogP contribution in [-0.4, -0.2) is 49.6 Å². The molecule has 1 aromatic rings. The number of nitrogens with zero attached hydrogens (tertiary/aromatic N) is 1. The van der Waals surface area contributed by atoms with Crippen molar-refractivity contribution in [2.75, 3.05) is 12.4 Å². The largest absolute Gasteiger partial charge is 0.394 e. The summed E-state index contributed by atoms with van der Waals surface area (Å²) in [6, 6.07) is 1.22. The third kappa shape index (κ3) is 2.76. The zero-order valence-corrected chi connectivity index (χ0v) is 11.2. The van der Waals surface area contributed by atoms with Crippen LogP contribution in [0.15, 0.2) is 21.9 Å². The fraction of sp³-hybridized carbons (Fsp3) is 0.636. The summed E-state index contributed by atoms with van der Waals surface area (Å²) in [5, 5.41) is 18.9. The van der Waals surface area contributed by atoms with Crippen LogP contribution < -0.4 is 11.2 Å². The van der Waals surface area contributed by atoms with Crippen LogP contribution in [0.5, 0.6) is 0 Å². The molecule has 2 rings (SSSR count). The number of aromatic nitrogens is 2. The first-order valence-corrected chi connectivity index (χ1v) is 7.00. The molecule has 4 unspecified atom stereocenters. The normalized spacial score (nSPS) is 30.7. The Kier molecular flexibility index (Phi) is 4.46. The highest BCUT2D eigenvalue weighted by atomic mass is 32.2. The van der Waals surface area contributed by atoms with Crippen molar-refractivity contribution in [2.45, 2.75) is 30.6 Å². The Hall–Kier alpha value is -1.09. The summed E-state index contributed by atoms with van der Waals surface area (Å²) in [6.45, 7) is 1.60. The summed E-state index contributed by atoms with van der Waals surface area (Å²) >= 11 is 1.44. The van der Waals surface area contributed by atoms with Crippen molar-refractivity contribution < 1.29 is 14.9 Å². The van der Waals surface area contributed by atoms with E-state index < -0.39 is 29.7 Å². The molecule has 3 N–H and O–H groups in total. The van der Waals surface area contributed by atoms with Crippen LogP contribution in [0.1, 0.15) is 13.2 Å². The summed E-state index contributed by atoms with van der Waals surface area (Å²) in [6.07, 6.45) is -0.963. The summed E-state index contributed by atoms with van der Waals surface area (Å²) in [4.78, 5) is 24.9. The lowest BCUT2D eigenvalue weighted by atomic mass is 10.2. The Morgan fingerprint density at radius 3 is 2.84 bits per heavy atom. The first-order chi connectivity index (χ1) is 9.08. The summed E-state index contributed by atoms with van der Waals surface area (Å²) in [5.74, 6) is 0.734. The molecule has 1 saturated heterocycles. The predicted molar refractivity (Wildman–Crippen MR) is 70.2 cm³/mol. The van der Waals surface area contributed by atoms with Gasteiger partial charge in [-0.2, -0.15) is 11.8 Å². The number of H-pyrrole nitrogens is 1. The van der Waals surface area contributed by atoms with Gasteiger partial charge < -0.3 is 14.9 Å². The van der Waals surface area contributed by atoms with E-state index in [0.29, 0.717) is 0 Å². The van der Waals surface area contributed by atoms with Crippen LogP contribution in [0.4, 0.5) is 0 Å². The molecule has 0 amide bonds. The van der Waals surface area contributed by atoms with Crippen molar-refractivity contribution in [2.24, 2.45) is 0 Å². The van der Waals surface area contributed by atoms with E-state index >= 15 is 0 Å². The van der Waals surface area contributed by atoms with Gasteiger partial charge in [-0.1, -0.05) is 6.92 Å². The Balaban J connectivity index is 2.36. The first-order valence-electron chi connectivity index (χ1n) is 5.96. The monoisotopic (exact) mass is 288 g/mol. The first kappa shape index (κ1) is 14.3. The summed E-state index contributed by atoms with van der Waals surface area (Å²) < 4.78 is 6.74. The molecule has 4 atom stereocenters. The van der Waals surface area contributed by atoms with E-state index in [1.165, 1.54) is 28.6 Å². The topological polar surface area (TPSA) is 105 Å². The lowest BCUT2D eigenvalue weighted by Gasteiger charge is -2.20. The number of nitrogens with one attached hydrogen (secondary N) is 1. The van der Waals surface area contributed by atoms with Crippen LogP contribution in [-0.2, 0) is 4.74 Å². The minimum atomic E-state index is -0.862. The molecule has 0 radical (unpaired) electrons. The molecule has 0 saturated carbocycles. The van der Waals surface area contributed by atoms with Crippen molar-refractivity contribution in [3.8, 4) is 0 Å². The van der Waals surface area contributed by atoms with Crippen molar-refractivity contribution in [3.05, 3.63) is 33.1 Å². The van der Waals surface area contributed by atoms with E-state index in [4.69, 9.17) is 9.84 Å². The van der Waals surface area contributed by atoms with E-state index in [0.717, 1.165) is 5.75 Å². The van der Waals surface area contributed by atoms with Crippen molar-refractivity contribution in [1.82, 2.24) is 9.55 Å². The summed E-state index contributed by atoms with van der Waals surface area (Å²) in [5.41, 5.74) is -1.08. The maximum atomic E-state index is 11.8. The number of aromatic amines is 1. The fourth-order valence-electron chi connectivity index (χ4n) is 2.09. The van der Waals surface area contributed by atoms with Gasteiger partial charge in [0.1, 0.15) is 6.10 Å². The molecule has 0 aliphatic carbocycles. The molecule has 1 fully saturated rings. The molecule has 106 valence electrons. The second-order valence-electron chi connectivity index (χ2n) is 4.18. The fourth-order valence-corrected chi connectivity index (χ4v) is 3.21. The number of hydrogen-bond donors (Lipinski definition) is 3. The highest BCUT2D eigenvalue weighted by Gasteiger charge is 2.44. The SMILES string of the molecule is CCSC1C(O)C(CO)OC1n1ccc(=O)[nH]c1=O. The van der Waals surface area contributed by atoms with Gasteiger partial charge in [0.15, 0.2) is 6.23 Å². The Morgan fingerprint density at radius 2 is 2.26 bits per heavy atom. The molecule has 1 aromatic heterocycles. The van der Waals surface area contributed by atoms with Gasteiger partial charge in [-0.3, -0.25) is 14.3 Å². The Labute approximate surface area is 113 Å². The van der Waals surface area contributed by atoms with Crippen molar-refractivity contribution >= 4 is 11.8 Å². The molecule has 1 aliphatic rings. The zero-order chi connectivity index (χ0) is 14.0. The van der Waals surface area contributed by atoms with Crippen LogP contribution in [0.3, 0.4) is 0 Å². The second-order valence-corrected chi connectivity index (χ2v) is 5.63. The average Bonchev–Trinajstić information content (AvgIpc) is 2.68. The third-order valence-electron chi connectivity index (χ3n) is 2.98. The quantitative estimate of drug-likeness (QED) is 0.650. The minimum Gasteiger partial charge on any atom is -0.394 e. The smallest absolute Gasteiger partial charge is 0.330 e. The summed E-state index contributed by atoms with van der Waals surface area (Å²) in [7, 11) is 0. The molecule has 8 heteroatoms. The number of rotatable bonds is 4. The van der Waals surface area contributed by atoms with E-state index in [9.17, 15) is 14.7 Å². The highest BCUT2D eigenvalue weighted by Crippen LogP contribution is 2.36. The average molecular weight is 288 g/mol. The molecule has 0 aromatic carbocycles. The standard InChI is InChI=1S/C11H16N2O5S/c1-2-19-9-8(16)6(5-14)18-10(9)13-4-3-7(15)12-11(13)17/h3-4,6,8-10,14,16H,2,5H2,1H3,(H,12,15,17). The molecular weight excluding hydrogens is 272 g/mol. The van der Waals surface area contributed by atoms with Crippen molar-refractivity contribution in [3.63, 3.8) is 0 Å². The van der Waals surface area contributed by atoms with Crippen LogP contribution in [0.2, 0.25) is 0 Å². The lowest BCUT2D eigenvalue weighted by molar-refractivity contribution is -0.0457. The van der Waals surface area contributed by atoms with E-state index in [1.807, 2.05) is 6.92 Å². The Bertz CT molecular complexity index is 542. The Morgan fingerprint density at radius 1 is 1.53 bits per heavy atom. The number of aliphatic hydroxyl groups excluding tert-OH is 2. The van der Waals surface area contributed by atoms with Crippen LogP contribution in [0, 0.1) is 0 Å². The minimum absolute atomic E-state index is 0.323. The van der Waals surface area contributed by atoms with Gasteiger partial charge in [-0.25, -0.2) is 4.79 Å². The van der Waals surface area contributed by atoms with Gasteiger partial charge in [0, 0.05) is 12.3 Å². The maximum absolute atomic E-state index is 11.8. The van der Waals surface area contributed by atoms with Gasteiger partial charge in [-0.05, 0) is 5.75 Å². The number of thioether (sulfide) groups is 1. The zero-order valence-electron chi connectivity index (χ0n) is 10.4. The lowest BCUT2D eigenvalue weighted by Crippen LogP contribution is -2.36. The molecule has 1 aliphatic heterocycles. The second kappa shape index (κ2) is 5.91. The predicted octanol–water partition coefficient (Wildman–Crippen LogP) is -1.09. The van der Waals surface area contributed by atoms with Gasteiger partial charge in [-0.15, -0.1) is 0 Å². The van der Waals surface area contributed by atoms with Crippen molar-refractivity contribution in [1.29, 1.82) is 0 Å². The molecule has 7 nitrogen and oxygen atoms in total. The molecule has 0 spiro atoms. The van der Waals surface area contributed by atoms with Gasteiger partial charge >= 0.3 is 5.69 Å². The van der Waals surface area contributed by atoms with Crippen LogP contribution >= 0.6 is 11.8 Å². The third-order valence-corrected chi connectivity index (χ3v) is 4.21. The molecule has 2 heterocycles. The number of aliphatic hydroxyl groups is 2. The van der Waals surface area contributed by atoms with E-state index in [2.05, 4.69) is 4.98 Å². The molecule has 0 bridgehead atoms. The van der Waals surface area contributed by atoms with Crippen LogP contribution in [0.25, 0.3) is 0 Å². The highest BCUT2D eigenvalue weighted by molar-refractivity contribution is 7.99. The number of ether oxygens (including phenoxy) is 1. The van der Waals surface area contributed by atoms with Gasteiger partial charge in [0.25, 0.3) is 5.56 Å².